The first-order valence-corrected chi connectivity index (χ1v) is 6.46. The molecule has 1 amide bonds. The molecule has 2 rings (SSSR count). The van der Waals surface area contributed by atoms with E-state index in [0.717, 1.165) is 31.7 Å². The van der Waals surface area contributed by atoms with Crippen LogP contribution < -0.4 is 0 Å². The summed E-state index contributed by atoms with van der Waals surface area (Å²) in [5.41, 5.74) is 0.825. The molecule has 0 atom stereocenters. The van der Waals surface area contributed by atoms with Gasteiger partial charge >= 0.3 is 0 Å². The highest BCUT2D eigenvalue weighted by atomic mass is 16.6. The lowest BCUT2D eigenvalue weighted by Gasteiger charge is -2.31. The summed E-state index contributed by atoms with van der Waals surface area (Å²) in [6.07, 6.45) is 3.21. The van der Waals surface area contributed by atoms with Crippen LogP contribution in [0.1, 0.15) is 5.56 Å². The third-order valence-electron chi connectivity index (χ3n) is 3.34. The molecule has 6 nitrogen and oxygen atoms in total. The second-order valence-electron chi connectivity index (χ2n) is 4.81. The first-order valence-electron chi connectivity index (χ1n) is 6.46. The summed E-state index contributed by atoms with van der Waals surface area (Å²) in [5.74, 6) is -0.0172. The summed E-state index contributed by atoms with van der Waals surface area (Å²) >= 11 is 0. The quantitative estimate of drug-likeness (QED) is 0.475. The third-order valence-corrected chi connectivity index (χ3v) is 3.34. The van der Waals surface area contributed by atoms with Crippen LogP contribution in [0.15, 0.2) is 30.3 Å². The zero-order valence-corrected chi connectivity index (χ0v) is 11.4. The molecule has 1 aromatic rings. The number of likely N-dealkylation sites (N-methyl/N-ethyl adjacent to an activating group) is 1. The zero-order valence-electron chi connectivity index (χ0n) is 11.4. The molecule has 106 valence electrons. The van der Waals surface area contributed by atoms with Gasteiger partial charge in [-0.3, -0.25) is 14.9 Å². The summed E-state index contributed by atoms with van der Waals surface area (Å²) in [4.78, 5) is 26.0. The van der Waals surface area contributed by atoms with Gasteiger partial charge in [-0.1, -0.05) is 0 Å². The van der Waals surface area contributed by atoms with Gasteiger partial charge in [0.25, 0.3) is 5.69 Å². The van der Waals surface area contributed by atoms with Crippen molar-refractivity contribution in [3.63, 3.8) is 0 Å². The van der Waals surface area contributed by atoms with E-state index in [1.807, 2.05) is 11.9 Å². The standard InChI is InChI=1S/C14H17N3O3/c1-15-8-10-16(11-9-15)14(18)7-4-12-2-5-13(6-3-12)17(19)20/h2-7H,8-11H2,1H3. The van der Waals surface area contributed by atoms with Gasteiger partial charge in [-0.05, 0) is 30.8 Å². The van der Waals surface area contributed by atoms with Crippen molar-refractivity contribution >= 4 is 17.7 Å². The number of non-ortho nitro benzene ring substituents is 1. The van der Waals surface area contributed by atoms with E-state index in [9.17, 15) is 14.9 Å². The highest BCUT2D eigenvalue weighted by Crippen LogP contribution is 2.13. The van der Waals surface area contributed by atoms with Crippen LogP contribution in [0.4, 0.5) is 5.69 Å². The monoisotopic (exact) mass is 275 g/mol. The predicted octanol–water partition coefficient (Wildman–Crippen LogP) is 1.38. The Morgan fingerprint density at radius 3 is 2.35 bits per heavy atom. The van der Waals surface area contributed by atoms with Crippen LogP contribution in [-0.2, 0) is 4.79 Å². The van der Waals surface area contributed by atoms with E-state index in [1.54, 1.807) is 18.2 Å². The van der Waals surface area contributed by atoms with Crippen LogP contribution in [0.3, 0.4) is 0 Å². The molecule has 1 saturated heterocycles. The molecular weight excluding hydrogens is 258 g/mol. The molecule has 0 unspecified atom stereocenters. The van der Waals surface area contributed by atoms with E-state index in [1.165, 1.54) is 18.2 Å². The molecule has 0 aliphatic carbocycles. The normalized spacial score (nSPS) is 16.6. The molecule has 1 heterocycles. The van der Waals surface area contributed by atoms with Crippen LogP contribution in [-0.4, -0.2) is 53.9 Å². The lowest BCUT2D eigenvalue weighted by molar-refractivity contribution is -0.384. The summed E-state index contributed by atoms with van der Waals surface area (Å²) in [6.45, 7) is 3.24. The number of amides is 1. The maximum absolute atomic E-state index is 12.0. The number of piperazine rings is 1. The van der Waals surface area contributed by atoms with Crippen LogP contribution >= 0.6 is 0 Å². The fourth-order valence-electron chi connectivity index (χ4n) is 2.01. The molecule has 0 bridgehead atoms. The summed E-state index contributed by atoms with van der Waals surface area (Å²) in [5, 5.41) is 10.5. The summed E-state index contributed by atoms with van der Waals surface area (Å²) in [6, 6.07) is 6.12. The number of carbonyl (C=O) groups is 1. The van der Waals surface area contributed by atoms with E-state index in [0.29, 0.717) is 0 Å². The Morgan fingerprint density at radius 1 is 1.20 bits per heavy atom. The molecule has 0 saturated carbocycles. The van der Waals surface area contributed by atoms with Gasteiger partial charge in [0, 0.05) is 44.4 Å². The first-order chi connectivity index (χ1) is 9.56. The number of rotatable bonds is 3. The van der Waals surface area contributed by atoms with Gasteiger partial charge in [-0.2, -0.15) is 0 Å². The Kier molecular flexibility index (Phi) is 4.47. The topological polar surface area (TPSA) is 66.7 Å². The lowest BCUT2D eigenvalue weighted by Crippen LogP contribution is -2.46. The molecule has 0 spiro atoms. The van der Waals surface area contributed by atoms with E-state index >= 15 is 0 Å². The molecule has 1 aliphatic rings. The zero-order chi connectivity index (χ0) is 14.5. The lowest BCUT2D eigenvalue weighted by atomic mass is 10.2. The van der Waals surface area contributed by atoms with Gasteiger partial charge in [0.1, 0.15) is 0 Å². The molecule has 0 N–H and O–H groups in total. The molecule has 0 aromatic heterocycles. The highest BCUT2D eigenvalue weighted by molar-refractivity contribution is 5.91. The molecule has 1 fully saturated rings. The minimum atomic E-state index is -0.442. The van der Waals surface area contributed by atoms with Gasteiger partial charge < -0.3 is 9.80 Å². The summed E-state index contributed by atoms with van der Waals surface area (Å²) in [7, 11) is 2.04. The largest absolute Gasteiger partial charge is 0.337 e. The Balaban J connectivity index is 1.95. The number of nitro benzene ring substituents is 1. The van der Waals surface area contributed by atoms with Crippen molar-refractivity contribution < 1.29 is 9.72 Å². The predicted molar refractivity (Wildman–Crippen MR) is 76.2 cm³/mol. The summed E-state index contributed by atoms with van der Waals surface area (Å²) < 4.78 is 0. The second kappa shape index (κ2) is 6.29. The number of benzene rings is 1. The molecule has 20 heavy (non-hydrogen) atoms. The minimum absolute atomic E-state index is 0.0172. The van der Waals surface area contributed by atoms with Crippen LogP contribution in [0.2, 0.25) is 0 Å². The fourth-order valence-corrected chi connectivity index (χ4v) is 2.01. The van der Waals surface area contributed by atoms with Crippen molar-refractivity contribution in [2.75, 3.05) is 33.2 Å². The van der Waals surface area contributed by atoms with Crippen molar-refractivity contribution in [1.29, 1.82) is 0 Å². The molecule has 0 radical (unpaired) electrons. The van der Waals surface area contributed by atoms with Crippen molar-refractivity contribution in [2.45, 2.75) is 0 Å². The van der Waals surface area contributed by atoms with E-state index in [-0.39, 0.29) is 11.6 Å². The minimum Gasteiger partial charge on any atom is -0.337 e. The van der Waals surface area contributed by atoms with Crippen LogP contribution in [0.25, 0.3) is 6.08 Å². The average molecular weight is 275 g/mol. The Hall–Kier alpha value is -2.21. The van der Waals surface area contributed by atoms with Crippen molar-refractivity contribution in [3.8, 4) is 0 Å². The van der Waals surface area contributed by atoms with Crippen molar-refractivity contribution in [1.82, 2.24) is 9.80 Å². The second-order valence-corrected chi connectivity index (χ2v) is 4.81. The van der Waals surface area contributed by atoms with Crippen LogP contribution in [0, 0.1) is 10.1 Å². The molecule has 1 aliphatic heterocycles. The number of nitro groups is 1. The molecular formula is C14H17N3O3. The third kappa shape index (κ3) is 3.64. The van der Waals surface area contributed by atoms with Gasteiger partial charge in [-0.25, -0.2) is 0 Å². The number of carbonyl (C=O) groups excluding carboxylic acids is 1. The van der Waals surface area contributed by atoms with E-state index in [2.05, 4.69) is 4.90 Å². The maximum Gasteiger partial charge on any atom is 0.269 e. The molecule has 6 heteroatoms. The van der Waals surface area contributed by atoms with Gasteiger partial charge in [0.15, 0.2) is 0 Å². The number of nitrogens with zero attached hydrogens (tertiary/aromatic N) is 3. The Labute approximate surface area is 117 Å². The molecule has 1 aromatic carbocycles. The van der Waals surface area contributed by atoms with Crippen molar-refractivity contribution in [2.24, 2.45) is 0 Å². The number of hydrogen-bond acceptors (Lipinski definition) is 4. The van der Waals surface area contributed by atoms with E-state index < -0.39 is 4.92 Å². The fraction of sp³-hybridized carbons (Fsp3) is 0.357. The van der Waals surface area contributed by atoms with Crippen molar-refractivity contribution in [3.05, 3.63) is 46.0 Å². The average Bonchev–Trinajstić information content (AvgIpc) is 2.46. The SMILES string of the molecule is CN1CCN(C(=O)C=Cc2ccc([N+](=O)[O-])cc2)CC1. The smallest absolute Gasteiger partial charge is 0.269 e. The Morgan fingerprint density at radius 2 is 1.80 bits per heavy atom. The van der Waals surface area contributed by atoms with Gasteiger partial charge in [0.2, 0.25) is 5.91 Å². The Bertz CT molecular complexity index is 517. The highest BCUT2D eigenvalue weighted by Gasteiger charge is 2.16. The van der Waals surface area contributed by atoms with Crippen LogP contribution in [0.5, 0.6) is 0 Å². The maximum atomic E-state index is 12.0. The van der Waals surface area contributed by atoms with E-state index in [4.69, 9.17) is 0 Å². The van der Waals surface area contributed by atoms with Gasteiger partial charge in [-0.15, -0.1) is 0 Å². The van der Waals surface area contributed by atoms with Gasteiger partial charge in [0.05, 0.1) is 4.92 Å². The number of hydrogen-bond donors (Lipinski definition) is 0. The first kappa shape index (κ1) is 14.2.